The standard InChI is InChI=1S/C18H24N6O2/c19-12-15-2-1-5-21-18(15)24-10-8-22(9-11-24)13-16(25)23-6-3-14(4-7-23)17(20)26/h1-2,5,14H,3-4,6-11,13H2,(H2,20,26). The van der Waals surface area contributed by atoms with Crippen molar-refractivity contribution in [2.24, 2.45) is 11.7 Å². The molecule has 0 saturated carbocycles. The number of anilines is 1. The van der Waals surface area contributed by atoms with Gasteiger partial charge in [0.2, 0.25) is 11.8 Å². The number of carbonyl (C=O) groups excluding carboxylic acids is 2. The maximum atomic E-state index is 12.5. The molecule has 8 heteroatoms. The molecule has 0 aromatic carbocycles. The van der Waals surface area contributed by atoms with Gasteiger partial charge in [0.05, 0.1) is 12.1 Å². The first kappa shape index (κ1) is 18.1. The van der Waals surface area contributed by atoms with Gasteiger partial charge in [-0.1, -0.05) is 0 Å². The van der Waals surface area contributed by atoms with Crippen LogP contribution in [0.15, 0.2) is 18.3 Å². The van der Waals surface area contributed by atoms with Crippen molar-refractivity contribution in [3.63, 3.8) is 0 Å². The molecule has 2 fully saturated rings. The Kier molecular flexibility index (Phi) is 5.68. The van der Waals surface area contributed by atoms with E-state index in [9.17, 15) is 14.9 Å². The van der Waals surface area contributed by atoms with Crippen molar-refractivity contribution < 1.29 is 9.59 Å². The summed E-state index contributed by atoms with van der Waals surface area (Å²) in [5.74, 6) is 0.459. The van der Waals surface area contributed by atoms with Gasteiger partial charge in [-0.2, -0.15) is 5.26 Å². The molecule has 138 valence electrons. The van der Waals surface area contributed by atoms with Gasteiger partial charge >= 0.3 is 0 Å². The van der Waals surface area contributed by atoms with Crippen molar-refractivity contribution in [1.82, 2.24) is 14.8 Å². The highest BCUT2D eigenvalue weighted by molar-refractivity contribution is 5.80. The van der Waals surface area contributed by atoms with E-state index >= 15 is 0 Å². The summed E-state index contributed by atoms with van der Waals surface area (Å²) in [6, 6.07) is 5.71. The highest BCUT2D eigenvalue weighted by atomic mass is 16.2. The topological polar surface area (TPSA) is 107 Å². The molecule has 2 N–H and O–H groups in total. The summed E-state index contributed by atoms with van der Waals surface area (Å²) in [5, 5.41) is 9.21. The molecule has 0 spiro atoms. The van der Waals surface area contributed by atoms with Crippen molar-refractivity contribution in [3.05, 3.63) is 23.9 Å². The van der Waals surface area contributed by atoms with Crippen LogP contribution in [0.25, 0.3) is 0 Å². The van der Waals surface area contributed by atoms with Crippen molar-refractivity contribution >= 4 is 17.6 Å². The van der Waals surface area contributed by atoms with Crippen LogP contribution in [0.5, 0.6) is 0 Å². The average molecular weight is 356 g/mol. The van der Waals surface area contributed by atoms with Crippen LogP contribution < -0.4 is 10.6 Å². The minimum atomic E-state index is -0.264. The van der Waals surface area contributed by atoms with Crippen LogP contribution >= 0.6 is 0 Å². The van der Waals surface area contributed by atoms with E-state index in [1.165, 1.54) is 0 Å². The zero-order valence-electron chi connectivity index (χ0n) is 14.8. The molecule has 2 amide bonds. The Hall–Kier alpha value is -2.66. The second kappa shape index (κ2) is 8.15. The number of piperazine rings is 1. The zero-order chi connectivity index (χ0) is 18.5. The van der Waals surface area contributed by atoms with Gasteiger partial charge in [0.15, 0.2) is 0 Å². The molecular weight excluding hydrogens is 332 g/mol. The molecule has 2 saturated heterocycles. The third-order valence-corrected chi connectivity index (χ3v) is 5.19. The van der Waals surface area contributed by atoms with Gasteiger partial charge in [-0.05, 0) is 25.0 Å². The monoisotopic (exact) mass is 356 g/mol. The fourth-order valence-electron chi connectivity index (χ4n) is 3.56. The van der Waals surface area contributed by atoms with Gasteiger partial charge in [-0.15, -0.1) is 0 Å². The molecule has 1 aromatic rings. The Labute approximate surface area is 153 Å². The van der Waals surface area contributed by atoms with Crippen molar-refractivity contribution in [2.75, 3.05) is 50.7 Å². The summed E-state index contributed by atoms with van der Waals surface area (Å²) in [6.45, 7) is 4.58. The van der Waals surface area contributed by atoms with E-state index in [4.69, 9.17) is 5.73 Å². The number of hydrogen-bond acceptors (Lipinski definition) is 6. The van der Waals surface area contributed by atoms with E-state index < -0.39 is 0 Å². The number of aromatic nitrogens is 1. The molecule has 2 aliphatic heterocycles. The van der Waals surface area contributed by atoms with Crippen molar-refractivity contribution in [2.45, 2.75) is 12.8 Å². The second-order valence-corrected chi connectivity index (χ2v) is 6.81. The first-order valence-corrected chi connectivity index (χ1v) is 8.98. The number of nitriles is 1. The number of hydrogen-bond donors (Lipinski definition) is 1. The Bertz CT molecular complexity index is 700. The summed E-state index contributed by atoms with van der Waals surface area (Å²) in [6.07, 6.45) is 3.01. The molecule has 2 aliphatic rings. The summed E-state index contributed by atoms with van der Waals surface area (Å²) in [7, 11) is 0. The van der Waals surface area contributed by atoms with Gasteiger partial charge in [0, 0.05) is 51.4 Å². The number of amides is 2. The van der Waals surface area contributed by atoms with E-state index in [1.807, 2.05) is 4.90 Å². The van der Waals surface area contributed by atoms with Gasteiger partial charge in [0.1, 0.15) is 11.9 Å². The number of primary amides is 1. The van der Waals surface area contributed by atoms with E-state index in [1.54, 1.807) is 18.3 Å². The average Bonchev–Trinajstić information content (AvgIpc) is 2.68. The lowest BCUT2D eigenvalue weighted by Crippen LogP contribution is -2.51. The van der Waals surface area contributed by atoms with Crippen molar-refractivity contribution in [3.8, 4) is 6.07 Å². The van der Waals surface area contributed by atoms with Crippen molar-refractivity contribution in [1.29, 1.82) is 5.26 Å². The number of rotatable bonds is 4. The lowest BCUT2D eigenvalue weighted by molar-refractivity contribution is -0.136. The second-order valence-electron chi connectivity index (χ2n) is 6.81. The molecule has 1 aromatic heterocycles. The Balaban J connectivity index is 1.48. The van der Waals surface area contributed by atoms with Crippen LogP contribution in [0.2, 0.25) is 0 Å². The minimum Gasteiger partial charge on any atom is -0.369 e. The van der Waals surface area contributed by atoms with Crippen LogP contribution in [-0.4, -0.2) is 72.4 Å². The number of carbonyl (C=O) groups is 2. The number of pyridine rings is 1. The van der Waals surface area contributed by atoms with E-state index in [0.29, 0.717) is 38.0 Å². The highest BCUT2D eigenvalue weighted by Crippen LogP contribution is 2.19. The van der Waals surface area contributed by atoms with E-state index in [2.05, 4.69) is 20.9 Å². The SMILES string of the molecule is N#Cc1cccnc1N1CCN(CC(=O)N2CCC(C(N)=O)CC2)CC1. The third-order valence-electron chi connectivity index (χ3n) is 5.19. The number of nitrogens with zero attached hydrogens (tertiary/aromatic N) is 5. The summed E-state index contributed by atoms with van der Waals surface area (Å²) in [4.78, 5) is 34.1. The fourth-order valence-corrected chi connectivity index (χ4v) is 3.56. The predicted molar refractivity (Wildman–Crippen MR) is 96.1 cm³/mol. The zero-order valence-corrected chi connectivity index (χ0v) is 14.8. The van der Waals surface area contributed by atoms with Crippen LogP contribution in [0.4, 0.5) is 5.82 Å². The molecule has 0 atom stereocenters. The molecule has 8 nitrogen and oxygen atoms in total. The van der Waals surface area contributed by atoms with E-state index in [0.717, 1.165) is 32.0 Å². The van der Waals surface area contributed by atoms with Gasteiger partial charge in [-0.3, -0.25) is 14.5 Å². The maximum Gasteiger partial charge on any atom is 0.236 e. The molecule has 3 heterocycles. The largest absolute Gasteiger partial charge is 0.369 e. The molecule has 26 heavy (non-hydrogen) atoms. The molecular formula is C18H24N6O2. The molecule has 0 radical (unpaired) electrons. The molecule has 0 unspecified atom stereocenters. The van der Waals surface area contributed by atoms with Crippen LogP contribution in [0.1, 0.15) is 18.4 Å². The maximum absolute atomic E-state index is 12.5. The van der Waals surface area contributed by atoms with Crippen LogP contribution in [0.3, 0.4) is 0 Å². The Morgan fingerprint density at radius 1 is 1.19 bits per heavy atom. The van der Waals surface area contributed by atoms with Gasteiger partial charge < -0.3 is 15.5 Å². The Morgan fingerprint density at radius 2 is 1.88 bits per heavy atom. The molecule has 0 aliphatic carbocycles. The number of likely N-dealkylation sites (tertiary alicyclic amines) is 1. The molecule has 0 bridgehead atoms. The summed E-state index contributed by atoms with van der Waals surface area (Å²) >= 11 is 0. The van der Waals surface area contributed by atoms with Crippen LogP contribution in [-0.2, 0) is 9.59 Å². The summed E-state index contributed by atoms with van der Waals surface area (Å²) < 4.78 is 0. The molecule has 3 rings (SSSR count). The van der Waals surface area contributed by atoms with Crippen LogP contribution in [0, 0.1) is 17.2 Å². The highest BCUT2D eigenvalue weighted by Gasteiger charge is 2.28. The Morgan fingerprint density at radius 3 is 2.50 bits per heavy atom. The third kappa shape index (κ3) is 4.11. The fraction of sp³-hybridized carbons (Fsp3) is 0.556. The number of piperidine rings is 1. The minimum absolute atomic E-state index is 0.102. The smallest absolute Gasteiger partial charge is 0.236 e. The van der Waals surface area contributed by atoms with Gasteiger partial charge in [0.25, 0.3) is 0 Å². The lowest BCUT2D eigenvalue weighted by Gasteiger charge is -2.37. The first-order valence-electron chi connectivity index (χ1n) is 8.98. The predicted octanol–water partition coefficient (Wildman–Crippen LogP) is -0.201. The number of nitrogens with two attached hydrogens (primary N) is 1. The summed E-state index contributed by atoms with van der Waals surface area (Å²) in [5.41, 5.74) is 5.92. The lowest BCUT2D eigenvalue weighted by atomic mass is 9.96. The first-order chi connectivity index (χ1) is 12.6. The van der Waals surface area contributed by atoms with Gasteiger partial charge in [-0.25, -0.2) is 4.98 Å². The quantitative estimate of drug-likeness (QED) is 0.801. The normalized spacial score (nSPS) is 19.2. The van der Waals surface area contributed by atoms with E-state index in [-0.39, 0.29) is 17.7 Å².